The zero-order valence-corrected chi connectivity index (χ0v) is 23.3. The predicted octanol–water partition coefficient (Wildman–Crippen LogP) is 3.69. The second-order valence-electron chi connectivity index (χ2n) is 9.27. The van der Waals surface area contributed by atoms with Crippen molar-refractivity contribution in [1.82, 2.24) is 14.1 Å². The average molecular weight is 574 g/mol. The molecule has 1 N–H and O–H groups in total. The van der Waals surface area contributed by atoms with Crippen LogP contribution >= 0.6 is 11.6 Å². The first-order chi connectivity index (χ1) is 18.5. The number of sulfonamides is 1. The molecule has 2 heterocycles. The standard InChI is InChI=1S/C26H28ClN5O6S/c1-4-5-6-9-14-31-22(28-18-10-7-8-11-20(18)39(31,37)38)21(32-25(35)24(34)30(3)26(32)36)23(33)29-19-15-16(2)12-13-17(19)27/h7-8,10-13,15,21H,4-6,9,14H2,1-3H3,(H,29,33). The second-order valence-corrected chi connectivity index (χ2v) is 11.5. The lowest BCUT2D eigenvalue weighted by Gasteiger charge is -2.35. The maximum atomic E-state index is 13.9. The first-order valence-electron chi connectivity index (χ1n) is 12.4. The number of benzene rings is 2. The molecule has 2 aromatic carbocycles. The molecule has 1 unspecified atom stereocenters. The molecule has 2 aromatic rings. The van der Waals surface area contributed by atoms with Gasteiger partial charge in [-0.15, -0.1) is 0 Å². The molecule has 0 radical (unpaired) electrons. The Labute approximate surface area is 231 Å². The number of para-hydroxylation sites is 1. The summed E-state index contributed by atoms with van der Waals surface area (Å²) in [6.07, 6.45) is 2.90. The highest BCUT2D eigenvalue weighted by Gasteiger charge is 2.53. The minimum Gasteiger partial charge on any atom is -0.323 e. The fourth-order valence-corrected chi connectivity index (χ4v) is 6.19. The Morgan fingerprint density at radius 1 is 1.05 bits per heavy atom. The summed E-state index contributed by atoms with van der Waals surface area (Å²) in [4.78, 5) is 57.8. The Morgan fingerprint density at radius 3 is 2.44 bits per heavy atom. The van der Waals surface area contributed by atoms with Crippen LogP contribution in [0.2, 0.25) is 5.02 Å². The van der Waals surface area contributed by atoms with Gasteiger partial charge in [-0.1, -0.05) is 56.0 Å². The van der Waals surface area contributed by atoms with E-state index in [0.717, 1.165) is 29.8 Å². The molecule has 0 saturated carbocycles. The first kappa shape index (κ1) is 28.2. The van der Waals surface area contributed by atoms with Gasteiger partial charge in [-0.3, -0.25) is 23.6 Å². The Kier molecular flexibility index (Phi) is 8.07. The van der Waals surface area contributed by atoms with Crippen molar-refractivity contribution < 1.29 is 27.6 Å². The highest BCUT2D eigenvalue weighted by molar-refractivity contribution is 7.90. The van der Waals surface area contributed by atoms with Crippen molar-refractivity contribution in [3.8, 4) is 0 Å². The number of hydrogen-bond donors (Lipinski definition) is 1. The molecule has 1 atom stereocenters. The number of nitrogens with zero attached hydrogens (tertiary/aromatic N) is 4. The summed E-state index contributed by atoms with van der Waals surface area (Å²) < 4.78 is 28.5. The molecular weight excluding hydrogens is 546 g/mol. The topological polar surface area (TPSA) is 137 Å². The number of nitrogens with one attached hydrogen (secondary N) is 1. The van der Waals surface area contributed by atoms with Crippen molar-refractivity contribution in [2.24, 2.45) is 4.99 Å². The van der Waals surface area contributed by atoms with Gasteiger partial charge in [0, 0.05) is 13.6 Å². The minimum absolute atomic E-state index is 0.0440. The molecule has 2 aliphatic heterocycles. The number of carbonyl (C=O) groups is 4. The molecular formula is C26H28ClN5O6S. The fourth-order valence-electron chi connectivity index (χ4n) is 4.40. The predicted molar refractivity (Wildman–Crippen MR) is 145 cm³/mol. The third-order valence-corrected chi connectivity index (χ3v) is 8.65. The zero-order chi connectivity index (χ0) is 28.5. The number of likely N-dealkylation sites (N-methyl/N-ethyl adjacent to an activating group) is 1. The molecule has 1 saturated heterocycles. The highest BCUT2D eigenvalue weighted by atomic mass is 35.5. The van der Waals surface area contributed by atoms with Crippen molar-refractivity contribution in [3.63, 3.8) is 0 Å². The number of imide groups is 2. The number of amidine groups is 1. The lowest BCUT2D eigenvalue weighted by Crippen LogP contribution is -2.58. The number of hydrogen-bond acceptors (Lipinski definition) is 7. The molecule has 13 heteroatoms. The average Bonchev–Trinajstić information content (AvgIpc) is 3.08. The molecule has 39 heavy (non-hydrogen) atoms. The number of amides is 5. The van der Waals surface area contributed by atoms with Gasteiger partial charge in [-0.25, -0.2) is 23.1 Å². The number of rotatable bonds is 9. The van der Waals surface area contributed by atoms with Gasteiger partial charge in [0.15, 0.2) is 11.9 Å². The van der Waals surface area contributed by atoms with Crippen LogP contribution in [0.15, 0.2) is 52.4 Å². The zero-order valence-electron chi connectivity index (χ0n) is 21.7. The summed E-state index contributed by atoms with van der Waals surface area (Å²) in [6.45, 7) is 3.73. The highest BCUT2D eigenvalue weighted by Crippen LogP contribution is 2.35. The van der Waals surface area contributed by atoms with E-state index in [1.54, 1.807) is 37.3 Å². The van der Waals surface area contributed by atoms with E-state index in [2.05, 4.69) is 10.3 Å². The number of fused-ring (bicyclic) bond motifs is 1. The summed E-state index contributed by atoms with van der Waals surface area (Å²) in [5, 5.41) is 2.78. The first-order valence-corrected chi connectivity index (χ1v) is 14.2. The Hall–Kier alpha value is -3.77. The van der Waals surface area contributed by atoms with Gasteiger partial charge in [0.1, 0.15) is 4.90 Å². The molecule has 1 fully saturated rings. The number of halogens is 1. The van der Waals surface area contributed by atoms with E-state index in [0.29, 0.717) is 22.6 Å². The SMILES string of the molecule is CCCCCCN1C(C(C(=O)Nc2cc(C)ccc2Cl)N2C(=O)C(=O)N(C)C2=O)=Nc2ccccc2S1(=O)=O. The number of unbranched alkanes of at least 4 members (excludes halogenated alkanes) is 3. The summed E-state index contributed by atoms with van der Waals surface area (Å²) in [6, 6.07) is 7.89. The van der Waals surface area contributed by atoms with Gasteiger partial charge < -0.3 is 5.32 Å². The molecule has 4 rings (SSSR count). The lowest BCUT2D eigenvalue weighted by molar-refractivity contribution is -0.144. The van der Waals surface area contributed by atoms with E-state index in [4.69, 9.17) is 11.6 Å². The molecule has 5 amide bonds. The summed E-state index contributed by atoms with van der Waals surface area (Å²) in [7, 11) is -3.12. The van der Waals surface area contributed by atoms with Crippen molar-refractivity contribution in [3.05, 3.63) is 53.1 Å². The molecule has 0 aliphatic carbocycles. The number of aliphatic imine (C=N–C) groups is 1. The Balaban J connectivity index is 1.88. The fraction of sp³-hybridized carbons (Fsp3) is 0.346. The molecule has 0 aromatic heterocycles. The van der Waals surface area contributed by atoms with Gasteiger partial charge in [-0.05, 0) is 43.2 Å². The van der Waals surface area contributed by atoms with E-state index in [1.807, 2.05) is 6.92 Å². The van der Waals surface area contributed by atoms with Crippen LogP contribution in [0.4, 0.5) is 16.2 Å². The van der Waals surface area contributed by atoms with Crippen LogP contribution in [0.25, 0.3) is 0 Å². The third kappa shape index (κ3) is 5.26. The lowest BCUT2D eigenvalue weighted by atomic mass is 10.1. The van der Waals surface area contributed by atoms with E-state index >= 15 is 0 Å². The normalized spacial score (nSPS) is 17.3. The number of carbonyl (C=O) groups excluding carboxylic acids is 4. The molecule has 206 valence electrons. The monoisotopic (exact) mass is 573 g/mol. The maximum absolute atomic E-state index is 13.9. The second kappa shape index (κ2) is 11.1. The van der Waals surface area contributed by atoms with Gasteiger partial charge in [-0.2, -0.15) is 0 Å². The van der Waals surface area contributed by atoms with E-state index in [1.165, 1.54) is 12.1 Å². The van der Waals surface area contributed by atoms with Gasteiger partial charge in [0.05, 0.1) is 16.4 Å². The van der Waals surface area contributed by atoms with Crippen LogP contribution in [0.1, 0.15) is 38.2 Å². The Morgan fingerprint density at radius 2 is 1.77 bits per heavy atom. The van der Waals surface area contributed by atoms with Crippen molar-refractivity contribution in [2.75, 3.05) is 18.9 Å². The van der Waals surface area contributed by atoms with E-state index in [9.17, 15) is 27.6 Å². The summed E-state index contributed by atoms with van der Waals surface area (Å²) in [5.74, 6) is -3.75. The minimum atomic E-state index is -4.23. The van der Waals surface area contributed by atoms with Crippen molar-refractivity contribution in [1.29, 1.82) is 0 Å². The molecule has 11 nitrogen and oxygen atoms in total. The smallest absolute Gasteiger partial charge is 0.323 e. The van der Waals surface area contributed by atoms with Crippen LogP contribution in [0.5, 0.6) is 0 Å². The summed E-state index contributed by atoms with van der Waals surface area (Å²) >= 11 is 6.27. The van der Waals surface area contributed by atoms with Gasteiger partial charge in [0.2, 0.25) is 0 Å². The largest absolute Gasteiger partial charge is 0.335 e. The van der Waals surface area contributed by atoms with Crippen molar-refractivity contribution >= 4 is 62.6 Å². The third-order valence-electron chi connectivity index (χ3n) is 6.47. The molecule has 0 bridgehead atoms. The van der Waals surface area contributed by atoms with Crippen LogP contribution in [0.3, 0.4) is 0 Å². The Bertz CT molecular complexity index is 1490. The number of aryl methyl sites for hydroxylation is 1. The summed E-state index contributed by atoms with van der Waals surface area (Å²) in [5.41, 5.74) is 0.987. The van der Waals surface area contributed by atoms with Crippen LogP contribution in [0, 0.1) is 6.92 Å². The quantitative estimate of drug-likeness (QED) is 0.276. The maximum Gasteiger partial charge on any atom is 0.335 e. The van der Waals surface area contributed by atoms with Crippen LogP contribution in [-0.2, 0) is 24.4 Å². The number of urea groups is 1. The number of anilines is 1. The molecule has 2 aliphatic rings. The van der Waals surface area contributed by atoms with Gasteiger partial charge in [0.25, 0.3) is 15.9 Å². The van der Waals surface area contributed by atoms with E-state index in [-0.39, 0.29) is 33.7 Å². The van der Waals surface area contributed by atoms with Crippen LogP contribution < -0.4 is 5.32 Å². The van der Waals surface area contributed by atoms with E-state index < -0.39 is 39.8 Å². The van der Waals surface area contributed by atoms with Crippen LogP contribution in [-0.4, -0.2) is 71.7 Å². The van der Waals surface area contributed by atoms with Crippen molar-refractivity contribution in [2.45, 2.75) is 50.5 Å². The molecule has 0 spiro atoms. The van der Waals surface area contributed by atoms with Gasteiger partial charge >= 0.3 is 17.8 Å².